The van der Waals surface area contributed by atoms with Gasteiger partial charge in [-0.15, -0.1) is 0 Å². The number of aryl methyl sites for hydroxylation is 1. The third-order valence-corrected chi connectivity index (χ3v) is 2.93. The van der Waals surface area contributed by atoms with E-state index in [0.717, 1.165) is 13.0 Å². The summed E-state index contributed by atoms with van der Waals surface area (Å²) in [6.45, 7) is 1.07. The van der Waals surface area contributed by atoms with Gasteiger partial charge >= 0.3 is 29.6 Å². The quantitative estimate of drug-likeness (QED) is 0.263. The van der Waals surface area contributed by atoms with Gasteiger partial charge in [0.1, 0.15) is 15.0 Å². The maximum atomic E-state index is 10.8. The van der Waals surface area contributed by atoms with E-state index in [9.17, 15) is 33.2 Å². The number of nitrogens with zero attached hydrogens (tertiary/aromatic N) is 2. The Bertz CT molecular complexity index is 612. The van der Waals surface area contributed by atoms with Gasteiger partial charge in [-0.05, 0) is 12.5 Å². The van der Waals surface area contributed by atoms with Gasteiger partial charge in [0.15, 0.2) is 0 Å². The second kappa shape index (κ2) is 5.71. The van der Waals surface area contributed by atoms with Crippen molar-refractivity contribution in [2.45, 2.75) is 11.8 Å². The van der Waals surface area contributed by atoms with E-state index in [1.807, 2.05) is 0 Å². The van der Waals surface area contributed by atoms with E-state index in [2.05, 4.69) is 0 Å². The van der Waals surface area contributed by atoms with Gasteiger partial charge in [0, 0.05) is 6.07 Å². The van der Waals surface area contributed by atoms with Gasteiger partial charge < -0.3 is 4.55 Å². The molecule has 0 radical (unpaired) electrons. The molecule has 0 bridgehead atoms. The Morgan fingerprint density at radius 3 is 1.94 bits per heavy atom. The van der Waals surface area contributed by atoms with Crippen LogP contribution in [-0.4, -0.2) is 22.8 Å². The molecule has 0 heterocycles. The van der Waals surface area contributed by atoms with Crippen LogP contribution in [0.1, 0.15) is 5.56 Å². The van der Waals surface area contributed by atoms with Gasteiger partial charge in [-0.2, -0.15) is 0 Å². The first-order valence-electron chi connectivity index (χ1n) is 4.04. The molecule has 1 aromatic carbocycles. The largest absolute Gasteiger partial charge is 1.00 e. The maximum absolute atomic E-state index is 10.8. The number of nitro benzene ring substituents is 2. The predicted molar refractivity (Wildman–Crippen MR) is 52.5 cm³/mol. The number of rotatable bonds is 3. The zero-order valence-corrected chi connectivity index (χ0v) is 12.1. The van der Waals surface area contributed by atoms with Crippen LogP contribution in [0.15, 0.2) is 17.0 Å². The van der Waals surface area contributed by atoms with Crippen LogP contribution in [0, 0.1) is 27.2 Å². The van der Waals surface area contributed by atoms with Crippen molar-refractivity contribution in [3.05, 3.63) is 37.9 Å². The summed E-state index contributed by atoms with van der Waals surface area (Å²) in [5.74, 6) is 0. The Kier molecular flexibility index (Phi) is 5.37. The van der Waals surface area contributed by atoms with Crippen molar-refractivity contribution < 1.29 is 52.4 Å². The normalized spacial score (nSPS) is 10.6. The molecule has 11 heteroatoms. The molecule has 0 spiro atoms. The van der Waals surface area contributed by atoms with Crippen molar-refractivity contribution in [2.75, 3.05) is 0 Å². The topological polar surface area (TPSA) is 143 Å². The minimum atomic E-state index is -5.07. The van der Waals surface area contributed by atoms with Gasteiger partial charge in [-0.3, -0.25) is 20.2 Å². The van der Waals surface area contributed by atoms with Crippen LogP contribution in [0.4, 0.5) is 11.4 Å². The Hall–Kier alpha value is -1.07. The Morgan fingerprint density at radius 2 is 1.61 bits per heavy atom. The minimum Gasteiger partial charge on any atom is -0.744 e. The fourth-order valence-corrected chi connectivity index (χ4v) is 2.15. The van der Waals surface area contributed by atoms with Crippen molar-refractivity contribution >= 4 is 21.5 Å². The average molecular weight is 284 g/mol. The van der Waals surface area contributed by atoms with Gasteiger partial charge in [-0.1, -0.05) is 0 Å². The van der Waals surface area contributed by atoms with Gasteiger partial charge in [0.25, 0.3) is 11.4 Å². The summed E-state index contributed by atoms with van der Waals surface area (Å²) >= 11 is 0. The molecule has 0 atom stereocenters. The van der Waals surface area contributed by atoms with Gasteiger partial charge in [0.05, 0.1) is 15.9 Å². The van der Waals surface area contributed by atoms with Crippen molar-refractivity contribution in [3.8, 4) is 0 Å². The summed E-state index contributed by atoms with van der Waals surface area (Å²) in [6, 6.07) is 1.23. The molecule has 1 rings (SSSR count). The first kappa shape index (κ1) is 16.9. The molecule has 0 aliphatic rings. The second-order valence-corrected chi connectivity index (χ2v) is 4.40. The summed E-state index contributed by atoms with van der Waals surface area (Å²) in [5, 5.41) is 21.0. The molecule has 0 aliphatic heterocycles. The third-order valence-electron chi connectivity index (χ3n) is 1.90. The van der Waals surface area contributed by atoms with Crippen LogP contribution in [0.5, 0.6) is 0 Å². The van der Waals surface area contributed by atoms with E-state index < -0.39 is 36.2 Å². The maximum Gasteiger partial charge on any atom is 1.00 e. The van der Waals surface area contributed by atoms with E-state index in [-0.39, 0.29) is 35.1 Å². The van der Waals surface area contributed by atoms with Gasteiger partial charge in [-0.25, -0.2) is 8.42 Å². The molecule has 0 fully saturated rings. The van der Waals surface area contributed by atoms with Crippen molar-refractivity contribution in [1.82, 2.24) is 0 Å². The Morgan fingerprint density at radius 1 is 1.11 bits per heavy atom. The van der Waals surface area contributed by atoms with E-state index in [1.165, 1.54) is 0 Å². The van der Waals surface area contributed by atoms with E-state index in [1.54, 1.807) is 0 Å². The zero-order chi connectivity index (χ0) is 13.4. The molecule has 0 aliphatic carbocycles. The fourth-order valence-electron chi connectivity index (χ4n) is 1.30. The number of non-ortho nitro benzene ring substituents is 1. The third kappa shape index (κ3) is 3.46. The number of benzene rings is 1. The van der Waals surface area contributed by atoms with Crippen LogP contribution in [0.3, 0.4) is 0 Å². The SMILES string of the molecule is Cc1cc([N+](=O)[O-])cc([N+](=O)[O-])c1S(=O)(=O)[O-].[Na+]. The molecular weight excluding hydrogens is 279 g/mol. The van der Waals surface area contributed by atoms with Crippen LogP contribution >= 0.6 is 0 Å². The monoisotopic (exact) mass is 284 g/mol. The molecule has 0 saturated carbocycles. The fraction of sp³-hybridized carbons (Fsp3) is 0.143. The molecular formula is C7H5N2NaO7S. The van der Waals surface area contributed by atoms with E-state index >= 15 is 0 Å². The molecule has 0 saturated heterocycles. The first-order chi connectivity index (χ1) is 7.64. The zero-order valence-electron chi connectivity index (χ0n) is 9.32. The average Bonchev–Trinajstić information content (AvgIpc) is 2.13. The molecule has 92 valence electrons. The number of nitro groups is 2. The van der Waals surface area contributed by atoms with Crippen molar-refractivity contribution in [2.24, 2.45) is 0 Å². The second-order valence-electron chi connectivity index (χ2n) is 3.08. The van der Waals surface area contributed by atoms with Crippen LogP contribution < -0.4 is 29.6 Å². The predicted octanol–water partition coefficient (Wildman–Crippen LogP) is -2.28. The molecule has 0 N–H and O–H groups in total. The van der Waals surface area contributed by atoms with Crippen LogP contribution in [0.2, 0.25) is 0 Å². The van der Waals surface area contributed by atoms with E-state index in [0.29, 0.717) is 6.07 Å². The first-order valence-corrected chi connectivity index (χ1v) is 5.44. The summed E-state index contributed by atoms with van der Waals surface area (Å²) in [4.78, 5) is 17.9. The molecule has 0 aromatic heterocycles. The molecule has 0 unspecified atom stereocenters. The molecule has 1 aromatic rings. The van der Waals surface area contributed by atoms with Crippen molar-refractivity contribution in [1.29, 1.82) is 0 Å². The molecule has 9 nitrogen and oxygen atoms in total. The Labute approximate surface area is 123 Å². The van der Waals surface area contributed by atoms with Crippen LogP contribution in [-0.2, 0) is 10.1 Å². The van der Waals surface area contributed by atoms with Gasteiger partial charge in [0.2, 0.25) is 0 Å². The minimum absolute atomic E-state index is 0. The summed E-state index contributed by atoms with van der Waals surface area (Å²) < 4.78 is 32.5. The smallest absolute Gasteiger partial charge is 0.744 e. The van der Waals surface area contributed by atoms with Crippen LogP contribution in [0.25, 0.3) is 0 Å². The standard InChI is InChI=1S/C7H6N2O7S.Na/c1-4-2-5(8(10)11)3-6(9(12)13)7(4)17(14,15)16;/h2-3H,1H3,(H,14,15,16);/q;+1/p-1. The summed E-state index contributed by atoms with van der Waals surface area (Å²) in [5.41, 5.74) is -2.07. The summed E-state index contributed by atoms with van der Waals surface area (Å²) in [6.07, 6.45) is 0. The molecule has 18 heavy (non-hydrogen) atoms. The van der Waals surface area contributed by atoms with E-state index in [4.69, 9.17) is 0 Å². The Balaban J connectivity index is 0.00000289. The summed E-state index contributed by atoms with van der Waals surface area (Å²) in [7, 11) is -5.07. The van der Waals surface area contributed by atoms with Crippen molar-refractivity contribution in [3.63, 3.8) is 0 Å². The number of hydrogen-bond donors (Lipinski definition) is 0. The molecule has 0 amide bonds. The number of hydrogen-bond acceptors (Lipinski definition) is 7.